The van der Waals surface area contributed by atoms with E-state index in [0.717, 1.165) is 48.5 Å². The lowest BCUT2D eigenvalue weighted by molar-refractivity contribution is 0.248. The van der Waals surface area contributed by atoms with E-state index in [1.54, 1.807) is 6.07 Å². The lowest BCUT2D eigenvalue weighted by atomic mass is 10.1. The number of nitrogens with one attached hydrogen (secondary N) is 2. The summed E-state index contributed by atoms with van der Waals surface area (Å²) in [6, 6.07) is 13.0. The maximum absolute atomic E-state index is 12.3. The summed E-state index contributed by atoms with van der Waals surface area (Å²) >= 11 is 0. The number of rotatable bonds is 3. The van der Waals surface area contributed by atoms with E-state index in [4.69, 9.17) is 0 Å². The molecule has 1 aliphatic heterocycles. The summed E-state index contributed by atoms with van der Waals surface area (Å²) < 4.78 is 0. The molecular formula is C18H19N5O2. The number of nitrogens with zero attached hydrogens (tertiary/aromatic N) is 3. The zero-order valence-electron chi connectivity index (χ0n) is 13.7. The Bertz CT molecular complexity index is 982. The third kappa shape index (κ3) is 3.32. The van der Waals surface area contributed by atoms with Crippen molar-refractivity contribution in [2.24, 2.45) is 0 Å². The van der Waals surface area contributed by atoms with Crippen LogP contribution >= 0.6 is 0 Å². The lowest BCUT2D eigenvalue weighted by Gasteiger charge is -2.35. The van der Waals surface area contributed by atoms with E-state index in [2.05, 4.69) is 25.0 Å². The molecule has 1 saturated heterocycles. The van der Waals surface area contributed by atoms with Gasteiger partial charge in [0.2, 0.25) is 0 Å². The molecule has 0 atom stereocenters. The second-order valence-electron chi connectivity index (χ2n) is 6.25. The molecule has 3 heterocycles. The first-order valence-corrected chi connectivity index (χ1v) is 8.33. The SMILES string of the molecule is O=c1ccc(N2CCN(Cc3cc4ccccc4[nH]c3=O)CC2)n[nH]1. The van der Waals surface area contributed by atoms with Gasteiger partial charge in [-0.15, -0.1) is 0 Å². The van der Waals surface area contributed by atoms with Crippen LogP contribution in [0, 0.1) is 0 Å². The first-order chi connectivity index (χ1) is 12.2. The number of H-pyrrole nitrogens is 2. The molecule has 3 aromatic rings. The quantitative estimate of drug-likeness (QED) is 0.743. The van der Waals surface area contributed by atoms with Gasteiger partial charge >= 0.3 is 0 Å². The van der Waals surface area contributed by atoms with E-state index in [9.17, 15) is 9.59 Å². The molecular weight excluding hydrogens is 318 g/mol. The second kappa shape index (κ2) is 6.52. The molecule has 128 valence electrons. The number of piperazine rings is 1. The third-order valence-electron chi connectivity index (χ3n) is 4.59. The van der Waals surface area contributed by atoms with E-state index < -0.39 is 0 Å². The van der Waals surface area contributed by atoms with Crippen LogP contribution in [0.4, 0.5) is 5.82 Å². The Hall–Kier alpha value is -2.93. The highest BCUT2D eigenvalue weighted by Gasteiger charge is 2.19. The van der Waals surface area contributed by atoms with E-state index in [1.807, 2.05) is 30.3 Å². The molecule has 0 spiro atoms. The third-order valence-corrected chi connectivity index (χ3v) is 4.59. The first kappa shape index (κ1) is 15.6. The van der Waals surface area contributed by atoms with Crippen molar-refractivity contribution in [3.8, 4) is 0 Å². The average Bonchev–Trinajstić information content (AvgIpc) is 2.64. The molecule has 0 unspecified atom stereocenters. The molecule has 1 fully saturated rings. The largest absolute Gasteiger partial charge is 0.353 e. The molecule has 2 N–H and O–H groups in total. The number of aromatic amines is 2. The zero-order valence-corrected chi connectivity index (χ0v) is 13.7. The van der Waals surface area contributed by atoms with E-state index in [-0.39, 0.29) is 11.1 Å². The molecule has 7 heteroatoms. The van der Waals surface area contributed by atoms with Crippen molar-refractivity contribution in [2.75, 3.05) is 31.1 Å². The van der Waals surface area contributed by atoms with Crippen molar-refractivity contribution in [3.05, 3.63) is 68.7 Å². The molecule has 0 aliphatic carbocycles. The highest BCUT2D eigenvalue weighted by atomic mass is 16.1. The number of pyridine rings is 1. The summed E-state index contributed by atoms with van der Waals surface area (Å²) in [7, 11) is 0. The molecule has 0 bridgehead atoms. The van der Waals surface area contributed by atoms with Gasteiger partial charge in [0, 0.05) is 49.9 Å². The summed E-state index contributed by atoms with van der Waals surface area (Å²) in [4.78, 5) is 30.7. The number of anilines is 1. The minimum absolute atomic E-state index is 0.0246. The fourth-order valence-corrected chi connectivity index (χ4v) is 3.20. The van der Waals surface area contributed by atoms with Crippen molar-refractivity contribution >= 4 is 16.7 Å². The van der Waals surface area contributed by atoms with Gasteiger partial charge in [-0.05, 0) is 23.6 Å². The smallest absolute Gasteiger partial charge is 0.264 e. The number of aromatic nitrogens is 3. The Kier molecular flexibility index (Phi) is 4.07. The van der Waals surface area contributed by atoms with Gasteiger partial charge in [0.05, 0.1) is 0 Å². The standard InChI is InChI=1S/C18H19N5O2/c24-17-6-5-16(20-21-17)23-9-7-22(8-10-23)12-14-11-13-3-1-2-4-15(13)19-18(14)25/h1-6,11H,7-10,12H2,(H,19,25)(H,21,24). The van der Waals surface area contributed by atoms with Gasteiger partial charge in [-0.3, -0.25) is 14.5 Å². The van der Waals surface area contributed by atoms with Crippen molar-refractivity contribution in [3.63, 3.8) is 0 Å². The summed E-state index contributed by atoms with van der Waals surface area (Å²) in [5, 5.41) is 7.59. The average molecular weight is 337 g/mol. The number of hydrogen-bond donors (Lipinski definition) is 2. The normalized spacial score (nSPS) is 15.6. The summed E-state index contributed by atoms with van der Waals surface area (Å²) in [6.45, 7) is 3.93. The van der Waals surface area contributed by atoms with Crippen LogP contribution in [0.2, 0.25) is 0 Å². The van der Waals surface area contributed by atoms with Crippen LogP contribution < -0.4 is 16.0 Å². The molecule has 25 heavy (non-hydrogen) atoms. The van der Waals surface area contributed by atoms with Gasteiger partial charge < -0.3 is 9.88 Å². The predicted octanol–water partition coefficient (Wildman–Crippen LogP) is 0.934. The Morgan fingerprint density at radius 2 is 1.80 bits per heavy atom. The Morgan fingerprint density at radius 1 is 1.00 bits per heavy atom. The molecule has 7 nitrogen and oxygen atoms in total. The minimum atomic E-state index is -0.196. The van der Waals surface area contributed by atoms with Gasteiger partial charge in [-0.2, -0.15) is 5.10 Å². The Labute approximate surface area is 143 Å². The Balaban J connectivity index is 1.45. The van der Waals surface area contributed by atoms with Crippen molar-refractivity contribution in [1.82, 2.24) is 20.1 Å². The van der Waals surface area contributed by atoms with E-state index in [0.29, 0.717) is 6.54 Å². The zero-order chi connectivity index (χ0) is 17.2. The van der Waals surface area contributed by atoms with Crippen LogP contribution in [0.5, 0.6) is 0 Å². The topological polar surface area (TPSA) is 85.1 Å². The maximum atomic E-state index is 12.3. The van der Waals surface area contributed by atoms with Crippen LogP contribution in [0.1, 0.15) is 5.56 Å². The van der Waals surface area contributed by atoms with Gasteiger partial charge in [-0.25, -0.2) is 5.10 Å². The summed E-state index contributed by atoms with van der Waals surface area (Å²) in [5.74, 6) is 0.780. The van der Waals surface area contributed by atoms with Gasteiger partial charge in [0.15, 0.2) is 0 Å². The van der Waals surface area contributed by atoms with Gasteiger partial charge in [0.25, 0.3) is 11.1 Å². The van der Waals surface area contributed by atoms with Crippen molar-refractivity contribution in [1.29, 1.82) is 0 Å². The number of benzene rings is 1. The van der Waals surface area contributed by atoms with Crippen LogP contribution in [0.15, 0.2) is 52.1 Å². The molecule has 4 rings (SSSR count). The predicted molar refractivity (Wildman–Crippen MR) is 96.9 cm³/mol. The summed E-state index contributed by atoms with van der Waals surface area (Å²) in [5.41, 5.74) is 1.43. The highest BCUT2D eigenvalue weighted by Crippen LogP contribution is 2.14. The number of fused-ring (bicyclic) bond motifs is 1. The summed E-state index contributed by atoms with van der Waals surface area (Å²) in [6.07, 6.45) is 0. The minimum Gasteiger partial charge on any atom is -0.353 e. The van der Waals surface area contributed by atoms with Crippen LogP contribution in [-0.4, -0.2) is 46.3 Å². The van der Waals surface area contributed by atoms with Crippen LogP contribution in [-0.2, 0) is 6.54 Å². The fourth-order valence-electron chi connectivity index (χ4n) is 3.20. The highest BCUT2D eigenvalue weighted by molar-refractivity contribution is 5.78. The molecule has 2 aromatic heterocycles. The van der Waals surface area contributed by atoms with Crippen LogP contribution in [0.3, 0.4) is 0 Å². The number of hydrogen-bond acceptors (Lipinski definition) is 5. The molecule has 0 saturated carbocycles. The monoisotopic (exact) mass is 337 g/mol. The molecule has 1 aliphatic rings. The number of para-hydroxylation sites is 1. The van der Waals surface area contributed by atoms with Crippen molar-refractivity contribution < 1.29 is 0 Å². The second-order valence-corrected chi connectivity index (χ2v) is 6.25. The van der Waals surface area contributed by atoms with Crippen LogP contribution in [0.25, 0.3) is 10.9 Å². The van der Waals surface area contributed by atoms with Gasteiger partial charge in [-0.1, -0.05) is 18.2 Å². The van der Waals surface area contributed by atoms with Crippen molar-refractivity contribution in [2.45, 2.75) is 6.54 Å². The molecule has 0 amide bonds. The van der Waals surface area contributed by atoms with Gasteiger partial charge in [0.1, 0.15) is 5.82 Å². The lowest BCUT2D eigenvalue weighted by Crippen LogP contribution is -2.46. The molecule has 1 aromatic carbocycles. The first-order valence-electron chi connectivity index (χ1n) is 8.33. The van der Waals surface area contributed by atoms with E-state index in [1.165, 1.54) is 6.07 Å². The Morgan fingerprint density at radius 3 is 2.56 bits per heavy atom. The fraction of sp³-hybridized carbons (Fsp3) is 0.278. The maximum Gasteiger partial charge on any atom is 0.264 e. The van der Waals surface area contributed by atoms with E-state index >= 15 is 0 Å². The molecule has 0 radical (unpaired) electrons.